The minimum absolute atomic E-state index is 0.0105. The number of nitrogens with zero attached hydrogens (tertiary/aromatic N) is 1. The molecule has 0 aliphatic rings. The van der Waals surface area contributed by atoms with Gasteiger partial charge in [0.25, 0.3) is 5.91 Å². The predicted octanol–water partition coefficient (Wildman–Crippen LogP) is 2.72. The lowest BCUT2D eigenvalue weighted by Gasteiger charge is -2.18. The quantitative estimate of drug-likeness (QED) is 0.725. The molecule has 0 spiro atoms. The van der Waals surface area contributed by atoms with Gasteiger partial charge in [0.05, 0.1) is 6.61 Å². The molecule has 1 rings (SSSR count). The molecule has 0 aliphatic heterocycles. The van der Waals surface area contributed by atoms with Gasteiger partial charge in [0.1, 0.15) is 11.5 Å². The fourth-order valence-corrected chi connectivity index (χ4v) is 1.66. The number of carbonyl (C=O) groups is 1. The number of hydrogen-bond acceptors (Lipinski definition) is 3. The second-order valence-corrected chi connectivity index (χ2v) is 4.17. The molecular weight excluding hydrogens is 242 g/mol. The Morgan fingerprint density at radius 1 is 1.00 bits per heavy atom. The zero-order valence-electron chi connectivity index (χ0n) is 12.0. The molecular formula is C15H23NO3. The summed E-state index contributed by atoms with van der Waals surface area (Å²) in [6.45, 7) is 8.20. The Morgan fingerprint density at radius 2 is 1.53 bits per heavy atom. The molecule has 106 valence electrons. The molecule has 0 N–H and O–H groups in total. The van der Waals surface area contributed by atoms with Gasteiger partial charge in [-0.25, -0.2) is 0 Å². The summed E-state index contributed by atoms with van der Waals surface area (Å²) >= 11 is 0. The fraction of sp³-hybridized carbons (Fsp3) is 0.533. The zero-order valence-corrected chi connectivity index (χ0v) is 12.0. The second kappa shape index (κ2) is 8.40. The van der Waals surface area contributed by atoms with E-state index < -0.39 is 0 Å². The first-order valence-corrected chi connectivity index (χ1v) is 6.84. The van der Waals surface area contributed by atoms with Crippen LogP contribution in [0.4, 0.5) is 0 Å². The summed E-state index contributed by atoms with van der Waals surface area (Å²) < 4.78 is 10.9. The van der Waals surface area contributed by atoms with Crippen LogP contribution < -0.4 is 9.47 Å². The third kappa shape index (κ3) is 5.20. The van der Waals surface area contributed by atoms with Crippen LogP contribution in [0.3, 0.4) is 0 Å². The standard InChI is InChI=1S/C15H23NO3/c1-4-11-18-13-7-9-14(10-8-13)19-12-15(17)16(5-2)6-3/h7-10H,4-6,11-12H2,1-3H3. The van der Waals surface area contributed by atoms with Gasteiger partial charge in [0.15, 0.2) is 6.61 Å². The number of amides is 1. The van der Waals surface area contributed by atoms with Gasteiger partial charge in [-0.3, -0.25) is 4.79 Å². The fourth-order valence-electron chi connectivity index (χ4n) is 1.66. The van der Waals surface area contributed by atoms with Crippen LogP contribution in [0.5, 0.6) is 11.5 Å². The topological polar surface area (TPSA) is 38.8 Å². The van der Waals surface area contributed by atoms with Crippen molar-refractivity contribution in [3.63, 3.8) is 0 Å². The van der Waals surface area contributed by atoms with E-state index in [0.29, 0.717) is 25.4 Å². The lowest BCUT2D eigenvalue weighted by molar-refractivity contribution is -0.132. The largest absolute Gasteiger partial charge is 0.494 e. The van der Waals surface area contributed by atoms with E-state index >= 15 is 0 Å². The summed E-state index contributed by atoms with van der Waals surface area (Å²) in [6.07, 6.45) is 0.983. The monoisotopic (exact) mass is 265 g/mol. The van der Waals surface area contributed by atoms with E-state index in [4.69, 9.17) is 9.47 Å². The van der Waals surface area contributed by atoms with Crippen LogP contribution in [0, 0.1) is 0 Å². The molecule has 0 heterocycles. The molecule has 4 nitrogen and oxygen atoms in total. The van der Waals surface area contributed by atoms with Gasteiger partial charge in [0.2, 0.25) is 0 Å². The lowest BCUT2D eigenvalue weighted by Crippen LogP contribution is -2.34. The first-order chi connectivity index (χ1) is 9.21. The average molecular weight is 265 g/mol. The molecule has 0 saturated carbocycles. The predicted molar refractivity (Wildman–Crippen MR) is 75.7 cm³/mol. The van der Waals surface area contributed by atoms with E-state index in [1.54, 1.807) is 4.90 Å². The molecule has 1 amide bonds. The molecule has 0 aromatic heterocycles. The van der Waals surface area contributed by atoms with Crippen LogP contribution in [0.25, 0.3) is 0 Å². The highest BCUT2D eigenvalue weighted by Gasteiger charge is 2.09. The summed E-state index contributed by atoms with van der Waals surface area (Å²) in [6, 6.07) is 7.35. The van der Waals surface area contributed by atoms with Crippen LogP contribution in [0.1, 0.15) is 27.2 Å². The minimum Gasteiger partial charge on any atom is -0.494 e. The van der Waals surface area contributed by atoms with E-state index in [1.165, 1.54) is 0 Å². The van der Waals surface area contributed by atoms with Gasteiger partial charge >= 0.3 is 0 Å². The Morgan fingerprint density at radius 3 is 2.00 bits per heavy atom. The van der Waals surface area contributed by atoms with Crippen LogP contribution in [0.15, 0.2) is 24.3 Å². The Balaban J connectivity index is 2.43. The van der Waals surface area contributed by atoms with E-state index in [2.05, 4.69) is 6.92 Å². The summed E-state index contributed by atoms with van der Waals surface area (Å²) in [5.41, 5.74) is 0. The van der Waals surface area contributed by atoms with Crippen molar-refractivity contribution < 1.29 is 14.3 Å². The highest BCUT2D eigenvalue weighted by atomic mass is 16.5. The molecule has 0 aliphatic carbocycles. The average Bonchev–Trinajstić information content (AvgIpc) is 2.45. The summed E-state index contributed by atoms with van der Waals surface area (Å²) in [7, 11) is 0. The van der Waals surface area contributed by atoms with Gasteiger partial charge < -0.3 is 14.4 Å². The van der Waals surface area contributed by atoms with Crippen molar-refractivity contribution in [3.8, 4) is 11.5 Å². The Hall–Kier alpha value is -1.71. The van der Waals surface area contributed by atoms with Gasteiger partial charge in [-0.15, -0.1) is 0 Å². The van der Waals surface area contributed by atoms with Crippen LogP contribution in [0.2, 0.25) is 0 Å². The van der Waals surface area contributed by atoms with Gasteiger partial charge in [-0.1, -0.05) is 6.92 Å². The van der Waals surface area contributed by atoms with Crippen molar-refractivity contribution >= 4 is 5.91 Å². The first-order valence-electron chi connectivity index (χ1n) is 6.84. The van der Waals surface area contributed by atoms with Crippen LogP contribution in [-0.2, 0) is 4.79 Å². The van der Waals surface area contributed by atoms with Gasteiger partial charge in [-0.05, 0) is 44.5 Å². The van der Waals surface area contributed by atoms with E-state index in [-0.39, 0.29) is 12.5 Å². The zero-order chi connectivity index (χ0) is 14.1. The second-order valence-electron chi connectivity index (χ2n) is 4.17. The van der Waals surface area contributed by atoms with Crippen LogP contribution in [-0.4, -0.2) is 37.1 Å². The molecule has 0 radical (unpaired) electrons. The number of rotatable bonds is 8. The molecule has 0 fully saturated rings. The summed E-state index contributed by atoms with van der Waals surface area (Å²) in [5.74, 6) is 1.52. The molecule has 0 unspecified atom stereocenters. The maximum Gasteiger partial charge on any atom is 0.260 e. The SMILES string of the molecule is CCCOc1ccc(OCC(=O)N(CC)CC)cc1. The highest BCUT2D eigenvalue weighted by Crippen LogP contribution is 2.17. The third-order valence-corrected chi connectivity index (χ3v) is 2.78. The van der Waals surface area contributed by atoms with Crippen molar-refractivity contribution in [1.29, 1.82) is 0 Å². The molecule has 1 aromatic rings. The maximum absolute atomic E-state index is 11.8. The molecule has 0 saturated heterocycles. The number of likely N-dealkylation sites (N-methyl/N-ethyl adjacent to an activating group) is 1. The molecule has 1 aromatic carbocycles. The van der Waals surface area contributed by atoms with Crippen molar-refractivity contribution in [1.82, 2.24) is 4.90 Å². The normalized spacial score (nSPS) is 10.1. The van der Waals surface area contributed by atoms with Crippen molar-refractivity contribution in [2.45, 2.75) is 27.2 Å². The minimum atomic E-state index is 0.0105. The maximum atomic E-state index is 11.8. The lowest BCUT2D eigenvalue weighted by atomic mass is 10.3. The Kier molecular flexibility index (Phi) is 6.79. The molecule has 4 heteroatoms. The van der Waals surface area contributed by atoms with Crippen molar-refractivity contribution in [2.24, 2.45) is 0 Å². The van der Waals surface area contributed by atoms with E-state index in [9.17, 15) is 4.79 Å². The van der Waals surface area contributed by atoms with Crippen molar-refractivity contribution in [2.75, 3.05) is 26.3 Å². The smallest absolute Gasteiger partial charge is 0.260 e. The molecule has 0 atom stereocenters. The van der Waals surface area contributed by atoms with E-state index in [1.807, 2.05) is 38.1 Å². The Labute approximate surface area is 115 Å². The van der Waals surface area contributed by atoms with Gasteiger partial charge in [-0.2, -0.15) is 0 Å². The number of carbonyl (C=O) groups excluding carboxylic acids is 1. The van der Waals surface area contributed by atoms with Gasteiger partial charge in [0, 0.05) is 13.1 Å². The summed E-state index contributed by atoms with van der Waals surface area (Å²) in [4.78, 5) is 13.5. The highest BCUT2D eigenvalue weighted by molar-refractivity contribution is 5.77. The third-order valence-electron chi connectivity index (χ3n) is 2.78. The Bertz CT molecular complexity index is 371. The molecule has 0 bridgehead atoms. The summed E-state index contributed by atoms with van der Waals surface area (Å²) in [5, 5.41) is 0. The molecule has 19 heavy (non-hydrogen) atoms. The van der Waals surface area contributed by atoms with E-state index in [0.717, 1.165) is 12.2 Å². The number of benzene rings is 1. The number of hydrogen-bond donors (Lipinski definition) is 0. The van der Waals surface area contributed by atoms with Crippen LogP contribution >= 0.6 is 0 Å². The number of ether oxygens (including phenoxy) is 2. The van der Waals surface area contributed by atoms with Crippen molar-refractivity contribution in [3.05, 3.63) is 24.3 Å². The first kappa shape index (κ1) is 15.3.